The molecule has 1 aliphatic heterocycles. The lowest BCUT2D eigenvalue weighted by Crippen LogP contribution is -2.44. The molecule has 1 aromatic rings. The molecule has 2 unspecified atom stereocenters. The number of rotatable bonds is 3. The van der Waals surface area contributed by atoms with Gasteiger partial charge in [0.2, 0.25) is 5.91 Å². The molecule has 2 atom stereocenters. The molecular weight excluding hydrogens is 236 g/mol. The van der Waals surface area contributed by atoms with Gasteiger partial charge in [0, 0.05) is 13.1 Å². The van der Waals surface area contributed by atoms with Crippen LogP contribution in [0.2, 0.25) is 0 Å². The van der Waals surface area contributed by atoms with E-state index in [4.69, 9.17) is 5.73 Å². The Morgan fingerprint density at radius 2 is 2.11 bits per heavy atom. The summed E-state index contributed by atoms with van der Waals surface area (Å²) in [6.07, 6.45) is 5.45. The van der Waals surface area contributed by atoms with Gasteiger partial charge in [-0.2, -0.15) is 0 Å². The number of amides is 1. The largest absolute Gasteiger partial charge is 0.369 e. The van der Waals surface area contributed by atoms with Crippen molar-refractivity contribution in [3.8, 4) is 0 Å². The van der Waals surface area contributed by atoms with Crippen LogP contribution in [0.1, 0.15) is 24.8 Å². The molecular formula is C16H21N2O. The molecule has 2 fully saturated rings. The number of hydrogen-bond acceptors (Lipinski definition) is 2. The molecule has 101 valence electrons. The van der Waals surface area contributed by atoms with Crippen molar-refractivity contribution in [1.29, 1.82) is 0 Å². The zero-order valence-corrected chi connectivity index (χ0v) is 11.2. The van der Waals surface area contributed by atoms with Crippen molar-refractivity contribution >= 4 is 5.91 Å². The molecule has 0 spiro atoms. The first kappa shape index (κ1) is 12.7. The molecule has 2 bridgehead atoms. The van der Waals surface area contributed by atoms with E-state index in [1.165, 1.54) is 5.56 Å². The zero-order chi connectivity index (χ0) is 13.3. The van der Waals surface area contributed by atoms with Crippen LogP contribution in [0.3, 0.4) is 0 Å². The maximum absolute atomic E-state index is 11.8. The number of nitrogens with zero attached hydrogens (tertiary/aromatic N) is 1. The minimum atomic E-state index is -0.379. The van der Waals surface area contributed by atoms with Crippen molar-refractivity contribution in [2.75, 3.05) is 13.1 Å². The number of hydrogen-bond donors (Lipinski definition) is 1. The van der Waals surface area contributed by atoms with E-state index in [2.05, 4.69) is 35.6 Å². The predicted octanol–water partition coefficient (Wildman–Crippen LogP) is 1.98. The summed E-state index contributed by atoms with van der Waals surface area (Å²) in [5.41, 5.74) is 6.59. The van der Waals surface area contributed by atoms with E-state index in [1.54, 1.807) is 0 Å². The van der Waals surface area contributed by atoms with Crippen molar-refractivity contribution < 1.29 is 4.79 Å². The SMILES string of the molecule is NC(=O)C12[CH]C(CCN(Cc3ccccc3)C1)CC2. The Labute approximate surface area is 114 Å². The summed E-state index contributed by atoms with van der Waals surface area (Å²) >= 11 is 0. The van der Waals surface area contributed by atoms with Gasteiger partial charge in [-0.3, -0.25) is 9.69 Å². The lowest BCUT2D eigenvalue weighted by atomic mass is 9.84. The highest BCUT2D eigenvalue weighted by Crippen LogP contribution is 2.45. The first-order chi connectivity index (χ1) is 9.18. The van der Waals surface area contributed by atoms with Crippen molar-refractivity contribution in [3.63, 3.8) is 0 Å². The highest BCUT2D eigenvalue weighted by molar-refractivity contribution is 5.83. The molecule has 1 aromatic carbocycles. The van der Waals surface area contributed by atoms with E-state index < -0.39 is 0 Å². The zero-order valence-electron chi connectivity index (χ0n) is 11.2. The van der Waals surface area contributed by atoms with Crippen LogP contribution in [-0.2, 0) is 11.3 Å². The van der Waals surface area contributed by atoms with E-state index in [9.17, 15) is 4.79 Å². The molecule has 1 radical (unpaired) electrons. The average Bonchev–Trinajstić information content (AvgIpc) is 2.72. The average molecular weight is 257 g/mol. The fourth-order valence-corrected chi connectivity index (χ4v) is 3.51. The first-order valence-electron chi connectivity index (χ1n) is 7.10. The van der Waals surface area contributed by atoms with Gasteiger partial charge in [0.05, 0.1) is 5.41 Å². The molecule has 1 saturated heterocycles. The van der Waals surface area contributed by atoms with E-state index in [-0.39, 0.29) is 11.3 Å². The fraction of sp³-hybridized carbons (Fsp3) is 0.500. The van der Waals surface area contributed by atoms with Crippen molar-refractivity contribution in [1.82, 2.24) is 4.90 Å². The molecule has 3 rings (SSSR count). The van der Waals surface area contributed by atoms with Crippen molar-refractivity contribution in [3.05, 3.63) is 42.3 Å². The van der Waals surface area contributed by atoms with E-state index >= 15 is 0 Å². The summed E-state index contributed by atoms with van der Waals surface area (Å²) in [5.74, 6) is 0.434. The maximum atomic E-state index is 11.8. The highest BCUT2D eigenvalue weighted by Gasteiger charge is 2.47. The summed E-state index contributed by atoms with van der Waals surface area (Å²) in [6.45, 7) is 2.76. The topological polar surface area (TPSA) is 46.3 Å². The van der Waals surface area contributed by atoms with Gasteiger partial charge in [-0.05, 0) is 43.7 Å². The van der Waals surface area contributed by atoms with Crippen LogP contribution in [0, 0.1) is 17.8 Å². The Morgan fingerprint density at radius 3 is 2.84 bits per heavy atom. The lowest BCUT2D eigenvalue weighted by Gasteiger charge is -2.31. The standard InChI is InChI=1S/C16H21N2O/c17-15(19)16-8-6-13(10-16)7-9-18(12-16)11-14-4-2-1-3-5-14/h1-5,10,13H,6-9,11-12H2,(H2,17,19). The van der Waals surface area contributed by atoms with Crippen LogP contribution in [0.15, 0.2) is 30.3 Å². The number of fused-ring (bicyclic) bond motifs is 2. The van der Waals surface area contributed by atoms with Crippen LogP contribution in [0.25, 0.3) is 0 Å². The van der Waals surface area contributed by atoms with Crippen LogP contribution < -0.4 is 5.73 Å². The Bertz CT molecular complexity index is 459. The van der Waals surface area contributed by atoms with Gasteiger partial charge >= 0.3 is 0 Å². The number of likely N-dealkylation sites (tertiary alicyclic amines) is 1. The number of benzene rings is 1. The Balaban J connectivity index is 1.75. The van der Waals surface area contributed by atoms with Gasteiger partial charge < -0.3 is 5.73 Å². The normalized spacial score (nSPS) is 31.1. The Morgan fingerprint density at radius 1 is 1.32 bits per heavy atom. The Kier molecular flexibility index (Phi) is 3.31. The number of nitrogens with two attached hydrogens (primary N) is 1. The summed E-state index contributed by atoms with van der Waals surface area (Å²) in [7, 11) is 0. The minimum Gasteiger partial charge on any atom is -0.369 e. The lowest BCUT2D eigenvalue weighted by molar-refractivity contribution is -0.126. The number of carbonyl (C=O) groups is 1. The molecule has 2 aliphatic rings. The van der Waals surface area contributed by atoms with Gasteiger partial charge in [-0.1, -0.05) is 30.3 Å². The predicted molar refractivity (Wildman–Crippen MR) is 75.0 cm³/mol. The van der Waals surface area contributed by atoms with Gasteiger partial charge in [0.15, 0.2) is 0 Å². The highest BCUT2D eigenvalue weighted by atomic mass is 16.1. The second kappa shape index (κ2) is 4.97. The molecule has 3 nitrogen and oxygen atoms in total. The van der Waals surface area contributed by atoms with E-state index in [1.807, 2.05) is 6.07 Å². The van der Waals surface area contributed by atoms with Crippen LogP contribution in [-0.4, -0.2) is 23.9 Å². The third-order valence-corrected chi connectivity index (χ3v) is 4.58. The first-order valence-corrected chi connectivity index (χ1v) is 7.10. The monoisotopic (exact) mass is 257 g/mol. The summed E-state index contributed by atoms with van der Waals surface area (Å²) in [5, 5.41) is 0. The van der Waals surface area contributed by atoms with E-state index in [0.29, 0.717) is 5.92 Å². The molecule has 19 heavy (non-hydrogen) atoms. The summed E-state index contributed by atoms with van der Waals surface area (Å²) in [6, 6.07) is 10.4. The molecule has 1 saturated carbocycles. The molecule has 0 aromatic heterocycles. The number of carbonyl (C=O) groups excluding carboxylic acids is 1. The third-order valence-electron chi connectivity index (χ3n) is 4.58. The molecule has 1 amide bonds. The molecule has 3 heteroatoms. The van der Waals surface area contributed by atoms with Crippen molar-refractivity contribution in [2.24, 2.45) is 17.1 Å². The number of primary amides is 1. The van der Waals surface area contributed by atoms with Crippen LogP contribution in [0.4, 0.5) is 0 Å². The van der Waals surface area contributed by atoms with Crippen molar-refractivity contribution in [2.45, 2.75) is 25.8 Å². The van der Waals surface area contributed by atoms with Crippen LogP contribution in [0.5, 0.6) is 0 Å². The quantitative estimate of drug-likeness (QED) is 0.900. The fourth-order valence-electron chi connectivity index (χ4n) is 3.51. The minimum absolute atomic E-state index is 0.144. The van der Waals surface area contributed by atoms with Gasteiger partial charge in [-0.25, -0.2) is 0 Å². The van der Waals surface area contributed by atoms with Gasteiger partial charge in [0.25, 0.3) is 0 Å². The van der Waals surface area contributed by atoms with Gasteiger partial charge in [-0.15, -0.1) is 0 Å². The summed E-state index contributed by atoms with van der Waals surface area (Å²) in [4.78, 5) is 14.2. The van der Waals surface area contributed by atoms with Gasteiger partial charge in [0.1, 0.15) is 0 Å². The molecule has 1 aliphatic carbocycles. The third kappa shape index (κ3) is 2.52. The second-order valence-corrected chi connectivity index (χ2v) is 5.97. The maximum Gasteiger partial charge on any atom is 0.225 e. The summed E-state index contributed by atoms with van der Waals surface area (Å²) < 4.78 is 0. The van der Waals surface area contributed by atoms with Crippen LogP contribution >= 0.6 is 0 Å². The Hall–Kier alpha value is -1.35. The van der Waals surface area contributed by atoms with E-state index in [0.717, 1.165) is 38.9 Å². The smallest absolute Gasteiger partial charge is 0.225 e. The molecule has 1 heterocycles. The second-order valence-electron chi connectivity index (χ2n) is 5.97. The molecule has 2 N–H and O–H groups in total.